The summed E-state index contributed by atoms with van der Waals surface area (Å²) in [5.74, 6) is -0.428. The van der Waals surface area contributed by atoms with Gasteiger partial charge in [0.25, 0.3) is 0 Å². The average molecular weight is 476 g/mol. The van der Waals surface area contributed by atoms with E-state index in [1.165, 1.54) is 18.0 Å². The highest BCUT2D eigenvalue weighted by Gasteiger charge is 2.32. The number of imidazole rings is 1. The van der Waals surface area contributed by atoms with Crippen molar-refractivity contribution in [1.29, 1.82) is 0 Å². The summed E-state index contributed by atoms with van der Waals surface area (Å²) >= 11 is 3.61. The van der Waals surface area contributed by atoms with Crippen molar-refractivity contribution in [2.45, 2.75) is 50.6 Å². The topological polar surface area (TPSA) is 75.2 Å². The molecular weight excluding hydrogens is 451 g/mol. The Balaban J connectivity index is 0.00000151. The van der Waals surface area contributed by atoms with Crippen LogP contribution in [0.25, 0.3) is 0 Å². The van der Waals surface area contributed by atoms with E-state index in [9.17, 15) is 9.90 Å². The molecule has 0 fully saturated rings. The van der Waals surface area contributed by atoms with E-state index in [-0.39, 0.29) is 0 Å². The van der Waals surface area contributed by atoms with Crippen LogP contribution in [0, 0.1) is 3.57 Å². The number of hydrogen-bond donors (Lipinski definition) is 2. The van der Waals surface area contributed by atoms with Crippen LogP contribution >= 0.6 is 34.4 Å². The van der Waals surface area contributed by atoms with Crippen LogP contribution in [-0.4, -0.2) is 32.4 Å². The lowest BCUT2D eigenvalue weighted by Crippen LogP contribution is -2.25. The summed E-state index contributed by atoms with van der Waals surface area (Å²) in [5.41, 5.74) is 1.17. The Bertz CT molecular complexity index is 688. The van der Waals surface area contributed by atoms with Crippen molar-refractivity contribution < 1.29 is 14.6 Å². The molecule has 0 aliphatic carbocycles. The van der Waals surface area contributed by atoms with E-state index in [1.807, 2.05) is 52.0 Å². The van der Waals surface area contributed by atoms with Crippen LogP contribution in [0.4, 0.5) is 0 Å². The molecule has 1 unspecified atom stereocenters. The van der Waals surface area contributed by atoms with Gasteiger partial charge in [0.1, 0.15) is 5.69 Å². The first-order chi connectivity index (χ1) is 11.8. The zero-order chi connectivity index (χ0) is 19.0. The van der Waals surface area contributed by atoms with E-state index < -0.39 is 16.8 Å². The van der Waals surface area contributed by atoms with Crippen LogP contribution in [0.2, 0.25) is 0 Å². The fourth-order valence-electron chi connectivity index (χ4n) is 2.05. The SMILES string of the molecule is CC.CCOC(=O)c1cnc(SC(C)(C)C(O)c2cccc(I)c2)[nH]1. The summed E-state index contributed by atoms with van der Waals surface area (Å²) in [6.07, 6.45) is 0.784. The fraction of sp³-hybridized carbons (Fsp3) is 0.444. The van der Waals surface area contributed by atoms with Gasteiger partial charge in [-0.3, -0.25) is 0 Å². The summed E-state index contributed by atoms with van der Waals surface area (Å²) < 4.78 is 5.48. The van der Waals surface area contributed by atoms with Crippen molar-refractivity contribution >= 4 is 40.3 Å². The van der Waals surface area contributed by atoms with Crippen molar-refractivity contribution in [1.82, 2.24) is 9.97 Å². The van der Waals surface area contributed by atoms with Gasteiger partial charge in [0.15, 0.2) is 5.16 Å². The van der Waals surface area contributed by atoms with Crippen molar-refractivity contribution in [3.05, 3.63) is 45.3 Å². The molecule has 5 nitrogen and oxygen atoms in total. The highest BCUT2D eigenvalue weighted by Crippen LogP contribution is 2.40. The van der Waals surface area contributed by atoms with Gasteiger partial charge in [0.2, 0.25) is 0 Å². The second-order valence-corrected chi connectivity index (χ2v) is 8.37. The van der Waals surface area contributed by atoms with Gasteiger partial charge in [-0.25, -0.2) is 9.78 Å². The highest BCUT2D eigenvalue weighted by molar-refractivity contribution is 14.1. The summed E-state index contributed by atoms with van der Waals surface area (Å²) in [4.78, 5) is 18.8. The first-order valence-corrected chi connectivity index (χ1v) is 10.1. The number of benzene rings is 1. The zero-order valence-electron chi connectivity index (χ0n) is 15.2. The molecule has 0 saturated heterocycles. The molecule has 0 radical (unpaired) electrons. The first kappa shape index (κ1) is 22.0. The molecule has 1 aromatic carbocycles. The molecule has 138 valence electrons. The number of esters is 1. The highest BCUT2D eigenvalue weighted by atomic mass is 127. The molecular formula is C18H25IN2O3S. The van der Waals surface area contributed by atoms with Crippen LogP contribution in [0.5, 0.6) is 0 Å². The fourth-order valence-corrected chi connectivity index (χ4v) is 3.63. The molecule has 7 heteroatoms. The van der Waals surface area contributed by atoms with Gasteiger partial charge in [0, 0.05) is 8.32 Å². The Morgan fingerprint density at radius 2 is 2.12 bits per heavy atom. The number of nitrogens with one attached hydrogen (secondary N) is 1. The van der Waals surface area contributed by atoms with E-state index in [0.717, 1.165) is 9.13 Å². The summed E-state index contributed by atoms with van der Waals surface area (Å²) in [6, 6.07) is 7.77. The number of hydrogen-bond acceptors (Lipinski definition) is 5. The smallest absolute Gasteiger partial charge is 0.356 e. The quantitative estimate of drug-likeness (QED) is 0.355. The minimum atomic E-state index is -0.668. The number of carbonyl (C=O) groups excluding carboxylic acids is 1. The number of H-pyrrole nitrogens is 1. The molecule has 0 bridgehead atoms. The molecule has 0 spiro atoms. The van der Waals surface area contributed by atoms with Crippen LogP contribution in [0.3, 0.4) is 0 Å². The van der Waals surface area contributed by atoms with Gasteiger partial charge in [-0.1, -0.05) is 37.7 Å². The van der Waals surface area contributed by atoms with Crippen LogP contribution in [-0.2, 0) is 4.74 Å². The Labute approximate surface area is 167 Å². The normalized spacial score (nSPS) is 12.1. The Hall–Kier alpha value is -1.06. The third kappa shape index (κ3) is 6.31. The van der Waals surface area contributed by atoms with Crippen molar-refractivity contribution in [2.24, 2.45) is 0 Å². The Kier molecular flexibility index (Phi) is 8.95. The molecule has 25 heavy (non-hydrogen) atoms. The number of aliphatic hydroxyl groups excluding tert-OH is 1. The van der Waals surface area contributed by atoms with Gasteiger partial charge in [0.05, 0.1) is 18.9 Å². The minimum absolute atomic E-state index is 0.314. The van der Waals surface area contributed by atoms with Crippen molar-refractivity contribution in [3.63, 3.8) is 0 Å². The van der Waals surface area contributed by atoms with Gasteiger partial charge in [-0.2, -0.15) is 0 Å². The van der Waals surface area contributed by atoms with Crippen LogP contribution in [0.1, 0.15) is 56.8 Å². The number of aliphatic hydroxyl groups is 1. The lowest BCUT2D eigenvalue weighted by molar-refractivity contribution is 0.0519. The zero-order valence-corrected chi connectivity index (χ0v) is 18.1. The monoisotopic (exact) mass is 476 g/mol. The van der Waals surface area contributed by atoms with Gasteiger partial charge in [-0.15, -0.1) is 0 Å². The van der Waals surface area contributed by atoms with Crippen LogP contribution in [0.15, 0.2) is 35.6 Å². The van der Waals surface area contributed by atoms with E-state index in [2.05, 4.69) is 32.6 Å². The predicted octanol–water partition coefficient (Wildman–Crippen LogP) is 4.82. The molecule has 0 saturated carbocycles. The maximum absolute atomic E-state index is 11.7. The summed E-state index contributed by atoms with van der Waals surface area (Å²) in [6.45, 7) is 9.95. The maximum atomic E-state index is 11.7. The standard InChI is InChI=1S/C16H19IN2O3S.C2H6/c1-4-22-14(21)12-9-18-15(19-12)23-16(2,3)13(20)10-6-5-7-11(17)8-10;1-2/h5-9,13,20H,4H2,1-3H3,(H,18,19);1-2H3. The van der Waals surface area contributed by atoms with E-state index in [1.54, 1.807) is 6.92 Å². The van der Waals surface area contributed by atoms with Gasteiger partial charge < -0.3 is 14.8 Å². The summed E-state index contributed by atoms with van der Waals surface area (Å²) in [5, 5.41) is 11.2. The second-order valence-electron chi connectivity index (χ2n) is 5.49. The third-order valence-electron chi connectivity index (χ3n) is 3.23. The molecule has 0 amide bonds. The summed E-state index contributed by atoms with van der Waals surface area (Å²) in [7, 11) is 0. The number of nitrogens with zero attached hydrogens (tertiary/aromatic N) is 1. The molecule has 1 heterocycles. The van der Waals surface area contributed by atoms with Gasteiger partial charge in [-0.05, 0) is 61.1 Å². The van der Waals surface area contributed by atoms with Crippen molar-refractivity contribution in [3.8, 4) is 0 Å². The number of rotatable bonds is 6. The van der Waals surface area contributed by atoms with E-state index >= 15 is 0 Å². The number of carbonyl (C=O) groups is 1. The molecule has 2 N–H and O–H groups in total. The number of halogens is 1. The molecule has 1 atom stereocenters. The number of ether oxygens (including phenoxy) is 1. The number of aromatic amines is 1. The van der Waals surface area contributed by atoms with Crippen molar-refractivity contribution in [2.75, 3.05) is 6.61 Å². The third-order valence-corrected chi connectivity index (χ3v) is 5.05. The lowest BCUT2D eigenvalue weighted by Gasteiger charge is -2.29. The Morgan fingerprint density at radius 3 is 2.72 bits per heavy atom. The lowest BCUT2D eigenvalue weighted by atomic mass is 9.98. The second kappa shape index (κ2) is 10.2. The molecule has 0 aliphatic rings. The number of thioether (sulfide) groups is 1. The molecule has 0 aliphatic heterocycles. The van der Waals surface area contributed by atoms with Gasteiger partial charge >= 0.3 is 5.97 Å². The maximum Gasteiger partial charge on any atom is 0.356 e. The first-order valence-electron chi connectivity index (χ1n) is 8.18. The van der Waals surface area contributed by atoms with E-state index in [4.69, 9.17) is 4.74 Å². The van der Waals surface area contributed by atoms with Crippen LogP contribution < -0.4 is 0 Å². The minimum Gasteiger partial charge on any atom is -0.461 e. The Morgan fingerprint density at radius 1 is 1.44 bits per heavy atom. The van der Waals surface area contributed by atoms with E-state index in [0.29, 0.717) is 17.5 Å². The predicted molar refractivity (Wildman–Crippen MR) is 110 cm³/mol. The molecule has 1 aromatic heterocycles. The average Bonchev–Trinajstić information content (AvgIpc) is 3.04. The number of aromatic nitrogens is 2. The largest absolute Gasteiger partial charge is 0.461 e. The molecule has 2 aromatic rings. The molecule has 2 rings (SSSR count).